The number of halogens is 2. The van der Waals surface area contributed by atoms with Gasteiger partial charge in [0.1, 0.15) is 12.1 Å². The number of rotatable bonds is 4. The number of methoxy groups -OCH3 is 1. The third kappa shape index (κ3) is 2.85. The van der Waals surface area contributed by atoms with Crippen molar-refractivity contribution in [2.24, 2.45) is 0 Å². The van der Waals surface area contributed by atoms with Crippen molar-refractivity contribution in [1.82, 2.24) is 9.97 Å². The Morgan fingerprint density at radius 2 is 2.00 bits per heavy atom. The smallest absolute Gasteiger partial charge is 0.204 e. The molecule has 0 amide bonds. The molecular formula is C12H12ClFN4O. The van der Waals surface area contributed by atoms with Crippen LogP contribution in [-0.4, -0.2) is 24.1 Å². The average molecular weight is 283 g/mol. The van der Waals surface area contributed by atoms with Crippen LogP contribution in [0.3, 0.4) is 0 Å². The van der Waals surface area contributed by atoms with Crippen molar-refractivity contribution in [3.63, 3.8) is 0 Å². The van der Waals surface area contributed by atoms with E-state index in [9.17, 15) is 4.39 Å². The van der Waals surface area contributed by atoms with Crippen LogP contribution in [0.5, 0.6) is 5.75 Å². The van der Waals surface area contributed by atoms with Crippen LogP contribution in [0.1, 0.15) is 0 Å². The minimum Gasteiger partial charge on any atom is -0.490 e. The van der Waals surface area contributed by atoms with Crippen LogP contribution in [0.15, 0.2) is 24.5 Å². The van der Waals surface area contributed by atoms with Gasteiger partial charge in [0.05, 0.1) is 12.8 Å². The maximum absolute atomic E-state index is 13.7. The number of benzene rings is 1. The summed E-state index contributed by atoms with van der Waals surface area (Å²) in [5.41, 5.74) is 0.253. The predicted octanol–water partition coefficient (Wildman–Crippen LogP) is 3.06. The summed E-state index contributed by atoms with van der Waals surface area (Å²) in [6, 6.07) is 4.33. The molecule has 0 radical (unpaired) electrons. The van der Waals surface area contributed by atoms with Gasteiger partial charge in [0.25, 0.3) is 0 Å². The second kappa shape index (κ2) is 5.71. The minimum atomic E-state index is -0.473. The number of hydrogen-bond donors (Lipinski definition) is 2. The van der Waals surface area contributed by atoms with E-state index < -0.39 is 5.82 Å². The van der Waals surface area contributed by atoms with Gasteiger partial charge in [-0.05, 0) is 18.2 Å². The molecule has 1 heterocycles. The Hall–Kier alpha value is -2.08. The van der Waals surface area contributed by atoms with Gasteiger partial charge in [0.15, 0.2) is 11.6 Å². The Labute approximate surface area is 114 Å². The second-order valence-corrected chi connectivity index (χ2v) is 4.04. The highest BCUT2D eigenvalue weighted by Gasteiger charge is 2.12. The molecule has 2 rings (SSSR count). The van der Waals surface area contributed by atoms with Gasteiger partial charge >= 0.3 is 0 Å². The number of nitrogens with one attached hydrogen (secondary N) is 2. The van der Waals surface area contributed by atoms with Crippen molar-refractivity contribution in [3.8, 4) is 5.75 Å². The van der Waals surface area contributed by atoms with Crippen LogP contribution >= 0.6 is 11.6 Å². The summed E-state index contributed by atoms with van der Waals surface area (Å²) in [5.74, 6) is 0.802. The van der Waals surface area contributed by atoms with E-state index in [-0.39, 0.29) is 5.69 Å². The first-order valence-electron chi connectivity index (χ1n) is 5.44. The summed E-state index contributed by atoms with van der Waals surface area (Å²) in [5, 5.41) is 6.04. The molecular weight excluding hydrogens is 271 g/mol. The molecule has 19 heavy (non-hydrogen) atoms. The Balaban J connectivity index is 2.37. The van der Waals surface area contributed by atoms with Crippen molar-refractivity contribution in [3.05, 3.63) is 35.4 Å². The van der Waals surface area contributed by atoms with E-state index in [0.717, 1.165) is 0 Å². The molecule has 2 N–H and O–H groups in total. The first kappa shape index (κ1) is 13.4. The molecule has 0 fully saturated rings. The molecule has 7 heteroatoms. The topological polar surface area (TPSA) is 59.1 Å². The number of nitrogens with zero attached hydrogens (tertiary/aromatic N) is 2. The van der Waals surface area contributed by atoms with Crippen LogP contribution in [0.25, 0.3) is 0 Å². The molecule has 1 aromatic heterocycles. The summed E-state index contributed by atoms with van der Waals surface area (Å²) in [7, 11) is 3.19. The van der Waals surface area contributed by atoms with Gasteiger partial charge in [-0.15, -0.1) is 0 Å². The quantitative estimate of drug-likeness (QED) is 0.902. The third-order valence-electron chi connectivity index (χ3n) is 2.43. The fourth-order valence-electron chi connectivity index (χ4n) is 1.55. The molecule has 0 saturated heterocycles. The van der Waals surface area contributed by atoms with Gasteiger partial charge in [0, 0.05) is 12.1 Å². The standard InChI is InChI=1S/C12H12ClFN4O/c1-15-11-10(19-2)12(17-6-16-11)18-9-4-3-7(13)5-8(9)14/h3-6H,1-2H3,(H2,15,16,17,18). The van der Waals surface area contributed by atoms with Gasteiger partial charge in [-0.1, -0.05) is 11.6 Å². The summed E-state index contributed by atoms with van der Waals surface area (Å²) >= 11 is 5.70. The monoisotopic (exact) mass is 282 g/mol. The molecule has 0 aliphatic rings. The first-order chi connectivity index (χ1) is 9.15. The summed E-state index contributed by atoms with van der Waals surface area (Å²) in [6.45, 7) is 0. The molecule has 1 aromatic carbocycles. The van der Waals surface area contributed by atoms with Crippen molar-refractivity contribution >= 4 is 28.9 Å². The molecule has 2 aromatic rings. The predicted molar refractivity (Wildman–Crippen MR) is 72.8 cm³/mol. The lowest BCUT2D eigenvalue weighted by molar-refractivity contribution is 0.415. The van der Waals surface area contributed by atoms with Gasteiger partial charge in [-0.3, -0.25) is 0 Å². The number of anilines is 3. The molecule has 5 nitrogen and oxygen atoms in total. The Bertz CT molecular complexity index is 594. The second-order valence-electron chi connectivity index (χ2n) is 3.60. The average Bonchev–Trinajstić information content (AvgIpc) is 2.41. The van der Waals surface area contributed by atoms with Crippen molar-refractivity contribution < 1.29 is 9.13 Å². The van der Waals surface area contributed by atoms with Gasteiger partial charge < -0.3 is 15.4 Å². The zero-order valence-corrected chi connectivity index (χ0v) is 11.1. The summed E-state index contributed by atoms with van der Waals surface area (Å²) in [4.78, 5) is 8.03. The van der Waals surface area contributed by atoms with Crippen LogP contribution in [-0.2, 0) is 0 Å². The number of aromatic nitrogens is 2. The Kier molecular flexibility index (Phi) is 4.01. The molecule has 0 atom stereocenters. The fourth-order valence-corrected chi connectivity index (χ4v) is 1.71. The number of ether oxygens (including phenoxy) is 1. The zero-order chi connectivity index (χ0) is 13.8. The molecule has 0 aliphatic carbocycles. The summed E-state index contributed by atoms with van der Waals surface area (Å²) < 4.78 is 18.9. The maximum Gasteiger partial charge on any atom is 0.204 e. The Morgan fingerprint density at radius 1 is 1.26 bits per heavy atom. The third-order valence-corrected chi connectivity index (χ3v) is 2.66. The fraction of sp³-hybridized carbons (Fsp3) is 0.167. The van der Waals surface area contributed by atoms with Crippen LogP contribution in [0, 0.1) is 5.82 Å². The van der Waals surface area contributed by atoms with Gasteiger partial charge in [-0.25, -0.2) is 14.4 Å². The lowest BCUT2D eigenvalue weighted by Crippen LogP contribution is -2.04. The van der Waals surface area contributed by atoms with Crippen molar-refractivity contribution in [1.29, 1.82) is 0 Å². The minimum absolute atomic E-state index is 0.253. The van der Waals surface area contributed by atoms with E-state index in [2.05, 4.69) is 20.6 Å². The van der Waals surface area contributed by atoms with Crippen LogP contribution < -0.4 is 15.4 Å². The first-order valence-corrected chi connectivity index (χ1v) is 5.82. The highest BCUT2D eigenvalue weighted by Crippen LogP contribution is 2.32. The maximum atomic E-state index is 13.7. The lowest BCUT2D eigenvalue weighted by Gasteiger charge is -2.13. The van der Waals surface area contributed by atoms with E-state index in [1.54, 1.807) is 13.1 Å². The highest BCUT2D eigenvalue weighted by molar-refractivity contribution is 6.30. The van der Waals surface area contributed by atoms with E-state index in [4.69, 9.17) is 16.3 Å². The Morgan fingerprint density at radius 3 is 2.63 bits per heavy atom. The van der Waals surface area contributed by atoms with E-state index in [1.807, 2.05) is 0 Å². The highest BCUT2D eigenvalue weighted by atomic mass is 35.5. The molecule has 0 aliphatic heterocycles. The van der Waals surface area contributed by atoms with E-state index in [1.165, 1.54) is 25.6 Å². The molecule has 0 bridgehead atoms. The van der Waals surface area contributed by atoms with Crippen molar-refractivity contribution in [2.45, 2.75) is 0 Å². The largest absolute Gasteiger partial charge is 0.490 e. The van der Waals surface area contributed by atoms with Gasteiger partial charge in [0.2, 0.25) is 5.75 Å². The van der Waals surface area contributed by atoms with Gasteiger partial charge in [-0.2, -0.15) is 0 Å². The summed E-state index contributed by atoms with van der Waals surface area (Å²) in [6.07, 6.45) is 1.35. The van der Waals surface area contributed by atoms with E-state index in [0.29, 0.717) is 22.4 Å². The normalized spacial score (nSPS) is 10.1. The van der Waals surface area contributed by atoms with Crippen LogP contribution in [0.4, 0.5) is 21.7 Å². The lowest BCUT2D eigenvalue weighted by atomic mass is 10.3. The molecule has 0 saturated carbocycles. The molecule has 0 spiro atoms. The molecule has 100 valence electrons. The SMILES string of the molecule is CNc1ncnc(Nc2ccc(Cl)cc2F)c1OC. The molecule has 0 unspecified atom stereocenters. The zero-order valence-electron chi connectivity index (χ0n) is 10.4. The van der Waals surface area contributed by atoms with E-state index >= 15 is 0 Å². The van der Waals surface area contributed by atoms with Crippen molar-refractivity contribution in [2.75, 3.05) is 24.8 Å². The van der Waals surface area contributed by atoms with Crippen LogP contribution in [0.2, 0.25) is 5.02 Å². The number of hydrogen-bond acceptors (Lipinski definition) is 5.